The molecule has 1 aliphatic carbocycles. The summed E-state index contributed by atoms with van der Waals surface area (Å²) >= 11 is 0. The molecule has 5 heteroatoms. The van der Waals surface area contributed by atoms with Gasteiger partial charge in [-0.05, 0) is 19.3 Å². The van der Waals surface area contributed by atoms with E-state index in [4.69, 9.17) is 0 Å². The highest BCUT2D eigenvalue weighted by atomic mass is 15.3. The summed E-state index contributed by atoms with van der Waals surface area (Å²) in [5.41, 5.74) is 1.28. The van der Waals surface area contributed by atoms with Crippen molar-refractivity contribution in [2.24, 2.45) is 0 Å². The average Bonchev–Trinajstić information content (AvgIpc) is 3.33. The Balaban J connectivity index is 1.75. The van der Waals surface area contributed by atoms with Crippen LogP contribution in [0.4, 0.5) is 11.6 Å². The first-order valence-electron chi connectivity index (χ1n) is 7.84. The molecule has 2 aliphatic rings. The van der Waals surface area contributed by atoms with Crippen LogP contribution in [0.5, 0.6) is 0 Å². The van der Waals surface area contributed by atoms with Gasteiger partial charge in [-0.15, -0.1) is 0 Å². The smallest absolute Gasteiger partial charge is 0.137 e. The van der Waals surface area contributed by atoms with E-state index in [1.165, 1.54) is 31.5 Å². The topological polar surface area (TPSA) is 44.3 Å². The van der Waals surface area contributed by atoms with Crippen LogP contribution in [0.25, 0.3) is 0 Å². The van der Waals surface area contributed by atoms with Gasteiger partial charge in [0.1, 0.15) is 18.0 Å². The molecule has 2 fully saturated rings. The van der Waals surface area contributed by atoms with Crippen molar-refractivity contribution in [1.29, 1.82) is 0 Å². The van der Waals surface area contributed by atoms with Crippen LogP contribution in [0.15, 0.2) is 6.33 Å². The third-order valence-corrected chi connectivity index (χ3v) is 4.34. The largest absolute Gasteiger partial charge is 0.373 e. The minimum Gasteiger partial charge on any atom is -0.373 e. The predicted molar refractivity (Wildman–Crippen MR) is 82.4 cm³/mol. The molecule has 1 aromatic rings. The fourth-order valence-corrected chi connectivity index (χ4v) is 3.11. The Labute approximate surface area is 121 Å². The number of aromatic nitrogens is 2. The van der Waals surface area contributed by atoms with Gasteiger partial charge >= 0.3 is 0 Å². The van der Waals surface area contributed by atoms with Gasteiger partial charge in [-0.3, -0.25) is 4.90 Å². The highest BCUT2D eigenvalue weighted by Crippen LogP contribution is 2.30. The summed E-state index contributed by atoms with van der Waals surface area (Å²) < 4.78 is 0. The van der Waals surface area contributed by atoms with Gasteiger partial charge in [0.25, 0.3) is 0 Å². The molecule has 0 bridgehead atoms. The standard InChI is InChI=1S/C15H25N5/c1-3-4-13-14(16-2)17-11-18-15(13)20-9-7-19(8-10-20)12-5-6-12/h11-12H,3-10H2,1-2H3,(H,16,17,18). The van der Waals surface area contributed by atoms with E-state index in [0.717, 1.165) is 43.6 Å². The maximum Gasteiger partial charge on any atom is 0.137 e. The third-order valence-electron chi connectivity index (χ3n) is 4.34. The number of nitrogens with zero attached hydrogens (tertiary/aromatic N) is 4. The molecular weight excluding hydrogens is 250 g/mol. The minimum atomic E-state index is 0.880. The summed E-state index contributed by atoms with van der Waals surface area (Å²) in [4.78, 5) is 14.0. The van der Waals surface area contributed by atoms with Crippen molar-refractivity contribution < 1.29 is 0 Å². The minimum absolute atomic E-state index is 0.880. The Hall–Kier alpha value is -1.36. The molecular formula is C15H25N5. The van der Waals surface area contributed by atoms with Gasteiger partial charge in [0.2, 0.25) is 0 Å². The van der Waals surface area contributed by atoms with Gasteiger partial charge in [0, 0.05) is 44.8 Å². The molecule has 0 aromatic carbocycles. The second-order valence-electron chi connectivity index (χ2n) is 5.78. The normalized spacial score (nSPS) is 20.2. The lowest BCUT2D eigenvalue weighted by Crippen LogP contribution is -2.47. The molecule has 110 valence electrons. The molecule has 1 saturated carbocycles. The van der Waals surface area contributed by atoms with E-state index in [0.29, 0.717) is 0 Å². The highest BCUT2D eigenvalue weighted by Gasteiger charge is 2.32. The van der Waals surface area contributed by atoms with Crippen LogP contribution in [0, 0.1) is 0 Å². The quantitative estimate of drug-likeness (QED) is 0.887. The number of hydrogen-bond acceptors (Lipinski definition) is 5. The summed E-state index contributed by atoms with van der Waals surface area (Å²) in [6.07, 6.45) is 6.65. The second kappa shape index (κ2) is 5.95. The van der Waals surface area contributed by atoms with Crippen molar-refractivity contribution in [3.05, 3.63) is 11.9 Å². The zero-order chi connectivity index (χ0) is 13.9. The maximum atomic E-state index is 4.57. The number of hydrogen-bond donors (Lipinski definition) is 1. The molecule has 20 heavy (non-hydrogen) atoms. The van der Waals surface area contributed by atoms with E-state index in [1.54, 1.807) is 6.33 Å². The SMILES string of the molecule is CCCc1c(NC)ncnc1N1CCN(C2CC2)CC1. The monoisotopic (exact) mass is 275 g/mol. The number of piperazine rings is 1. The van der Waals surface area contributed by atoms with Crippen molar-refractivity contribution in [3.8, 4) is 0 Å². The zero-order valence-corrected chi connectivity index (χ0v) is 12.6. The van der Waals surface area contributed by atoms with Crippen molar-refractivity contribution in [2.45, 2.75) is 38.6 Å². The molecule has 0 radical (unpaired) electrons. The maximum absolute atomic E-state index is 4.57. The Morgan fingerprint density at radius 3 is 2.55 bits per heavy atom. The first-order valence-corrected chi connectivity index (χ1v) is 7.84. The third kappa shape index (κ3) is 2.73. The van der Waals surface area contributed by atoms with E-state index in [-0.39, 0.29) is 0 Å². The van der Waals surface area contributed by atoms with Gasteiger partial charge in [-0.1, -0.05) is 13.3 Å². The van der Waals surface area contributed by atoms with Crippen LogP contribution in [0.3, 0.4) is 0 Å². The summed E-state index contributed by atoms with van der Waals surface area (Å²) in [6, 6.07) is 0.880. The van der Waals surface area contributed by atoms with Crippen LogP contribution in [-0.4, -0.2) is 54.1 Å². The van der Waals surface area contributed by atoms with E-state index < -0.39 is 0 Å². The molecule has 0 atom stereocenters. The van der Waals surface area contributed by atoms with Gasteiger partial charge < -0.3 is 10.2 Å². The van der Waals surface area contributed by atoms with Crippen LogP contribution in [0.2, 0.25) is 0 Å². The first-order chi connectivity index (χ1) is 9.83. The second-order valence-corrected chi connectivity index (χ2v) is 5.78. The zero-order valence-electron chi connectivity index (χ0n) is 12.6. The highest BCUT2D eigenvalue weighted by molar-refractivity contribution is 5.58. The molecule has 3 rings (SSSR count). The summed E-state index contributed by atoms with van der Waals surface area (Å²) in [7, 11) is 1.94. The fourth-order valence-electron chi connectivity index (χ4n) is 3.11. The average molecular weight is 275 g/mol. The molecule has 5 nitrogen and oxygen atoms in total. The van der Waals surface area contributed by atoms with Crippen LogP contribution < -0.4 is 10.2 Å². The Bertz CT molecular complexity index is 450. The molecule has 1 aromatic heterocycles. The molecule has 0 spiro atoms. The van der Waals surface area contributed by atoms with E-state index in [2.05, 4.69) is 32.0 Å². The first kappa shape index (κ1) is 13.6. The molecule has 1 saturated heterocycles. The number of anilines is 2. The molecule has 1 N–H and O–H groups in total. The van der Waals surface area contributed by atoms with Crippen LogP contribution in [-0.2, 0) is 6.42 Å². The van der Waals surface area contributed by atoms with Crippen LogP contribution >= 0.6 is 0 Å². The molecule has 1 aliphatic heterocycles. The van der Waals surface area contributed by atoms with Gasteiger partial charge in [0.05, 0.1) is 0 Å². The van der Waals surface area contributed by atoms with Crippen molar-refractivity contribution in [1.82, 2.24) is 14.9 Å². The lowest BCUT2D eigenvalue weighted by Gasteiger charge is -2.36. The van der Waals surface area contributed by atoms with Crippen LogP contribution in [0.1, 0.15) is 31.7 Å². The summed E-state index contributed by atoms with van der Waals surface area (Å²) in [5.74, 6) is 2.13. The molecule has 2 heterocycles. The van der Waals surface area contributed by atoms with E-state index in [1.807, 2.05) is 7.05 Å². The van der Waals surface area contributed by atoms with Gasteiger partial charge in [-0.25, -0.2) is 9.97 Å². The molecule has 0 unspecified atom stereocenters. The van der Waals surface area contributed by atoms with E-state index >= 15 is 0 Å². The fraction of sp³-hybridized carbons (Fsp3) is 0.733. The number of rotatable bonds is 5. The van der Waals surface area contributed by atoms with Crippen molar-refractivity contribution >= 4 is 11.6 Å². The van der Waals surface area contributed by atoms with E-state index in [9.17, 15) is 0 Å². The summed E-state index contributed by atoms with van der Waals surface area (Å²) in [5, 5.41) is 3.21. The lowest BCUT2D eigenvalue weighted by molar-refractivity contribution is 0.247. The Morgan fingerprint density at radius 2 is 1.95 bits per heavy atom. The molecule has 0 amide bonds. The summed E-state index contributed by atoms with van der Waals surface area (Å²) in [6.45, 7) is 6.74. The van der Waals surface area contributed by atoms with Crippen molar-refractivity contribution in [2.75, 3.05) is 43.4 Å². The number of nitrogens with one attached hydrogen (secondary N) is 1. The van der Waals surface area contributed by atoms with Gasteiger partial charge in [0.15, 0.2) is 0 Å². The van der Waals surface area contributed by atoms with Gasteiger partial charge in [-0.2, -0.15) is 0 Å². The van der Waals surface area contributed by atoms with Crippen molar-refractivity contribution in [3.63, 3.8) is 0 Å². The lowest BCUT2D eigenvalue weighted by atomic mass is 10.1. The Kier molecular flexibility index (Phi) is 4.05. The Morgan fingerprint density at radius 1 is 1.20 bits per heavy atom. The predicted octanol–water partition coefficient (Wildman–Crippen LogP) is 1.76.